The maximum absolute atomic E-state index is 12.2. The van der Waals surface area contributed by atoms with Gasteiger partial charge in [-0.05, 0) is 38.5 Å². The molecule has 5 nitrogen and oxygen atoms in total. The zero-order chi connectivity index (χ0) is 15.3. The van der Waals surface area contributed by atoms with Crippen LogP contribution in [-0.4, -0.2) is 31.8 Å². The first-order valence-electron chi connectivity index (χ1n) is 6.23. The topological polar surface area (TPSA) is 61.8 Å². The molecule has 110 valence electrons. The zero-order valence-electron chi connectivity index (χ0n) is 12.4. The van der Waals surface area contributed by atoms with E-state index in [1.54, 1.807) is 52.1 Å². The molecule has 0 saturated heterocycles. The van der Waals surface area contributed by atoms with Crippen LogP contribution in [0.15, 0.2) is 24.3 Å². The highest BCUT2D eigenvalue weighted by Crippen LogP contribution is 2.24. The summed E-state index contributed by atoms with van der Waals surface area (Å²) >= 11 is 0. The van der Waals surface area contributed by atoms with E-state index in [0.717, 1.165) is 0 Å². The first-order valence-corrected chi connectivity index (χ1v) is 6.23. The van der Waals surface area contributed by atoms with Gasteiger partial charge in [0.1, 0.15) is 11.4 Å². The normalized spacial score (nSPS) is 12.4. The van der Waals surface area contributed by atoms with Gasteiger partial charge in [0.15, 0.2) is 5.92 Å². The number of hydrogen-bond acceptors (Lipinski definition) is 5. The van der Waals surface area contributed by atoms with E-state index in [1.165, 1.54) is 7.11 Å². The molecule has 0 unspecified atom stereocenters. The summed E-state index contributed by atoms with van der Waals surface area (Å²) in [6.07, 6.45) is 0. The van der Waals surface area contributed by atoms with Gasteiger partial charge < -0.3 is 14.2 Å². The molecule has 5 heteroatoms. The third-order valence-electron chi connectivity index (χ3n) is 2.53. The number of rotatable bonds is 4. The van der Waals surface area contributed by atoms with Gasteiger partial charge in [0.05, 0.1) is 14.2 Å². The molecule has 1 rings (SSSR count). The van der Waals surface area contributed by atoms with Gasteiger partial charge in [-0.1, -0.05) is 12.1 Å². The van der Waals surface area contributed by atoms with Crippen LogP contribution in [0.3, 0.4) is 0 Å². The molecule has 0 bridgehead atoms. The van der Waals surface area contributed by atoms with E-state index in [2.05, 4.69) is 4.74 Å². The average molecular weight is 280 g/mol. The summed E-state index contributed by atoms with van der Waals surface area (Å²) in [6.45, 7) is 5.23. The molecule has 0 radical (unpaired) electrons. The van der Waals surface area contributed by atoms with Gasteiger partial charge in [0.2, 0.25) is 0 Å². The molecule has 0 saturated carbocycles. The van der Waals surface area contributed by atoms with Crippen molar-refractivity contribution in [2.75, 3.05) is 14.2 Å². The van der Waals surface area contributed by atoms with E-state index in [9.17, 15) is 9.59 Å². The molecule has 0 fully saturated rings. The van der Waals surface area contributed by atoms with Crippen molar-refractivity contribution in [3.05, 3.63) is 29.8 Å². The molecular formula is C15H20O5. The molecule has 0 heterocycles. The summed E-state index contributed by atoms with van der Waals surface area (Å²) in [4.78, 5) is 24.0. The molecule has 0 aromatic heterocycles. The summed E-state index contributed by atoms with van der Waals surface area (Å²) < 4.78 is 15.0. The maximum atomic E-state index is 12.2. The van der Waals surface area contributed by atoms with Gasteiger partial charge in [0, 0.05) is 0 Å². The summed E-state index contributed by atoms with van der Waals surface area (Å²) in [5, 5.41) is 0. The Kier molecular flexibility index (Phi) is 5.13. The van der Waals surface area contributed by atoms with Crippen LogP contribution >= 0.6 is 0 Å². The third-order valence-corrected chi connectivity index (χ3v) is 2.53. The second-order valence-electron chi connectivity index (χ2n) is 5.26. The summed E-state index contributed by atoms with van der Waals surface area (Å²) in [5.74, 6) is -1.73. The maximum Gasteiger partial charge on any atom is 0.325 e. The number of carbonyl (C=O) groups is 2. The minimum atomic E-state index is -1.09. The Balaban J connectivity index is 3.05. The van der Waals surface area contributed by atoms with Gasteiger partial charge in [-0.15, -0.1) is 0 Å². The van der Waals surface area contributed by atoms with Crippen molar-refractivity contribution in [3.63, 3.8) is 0 Å². The van der Waals surface area contributed by atoms with Gasteiger partial charge in [-0.2, -0.15) is 0 Å². The van der Waals surface area contributed by atoms with E-state index < -0.39 is 23.5 Å². The lowest BCUT2D eigenvalue weighted by Crippen LogP contribution is -2.32. The molecule has 0 aliphatic rings. The van der Waals surface area contributed by atoms with E-state index in [0.29, 0.717) is 11.3 Å². The van der Waals surface area contributed by atoms with Gasteiger partial charge in [-0.25, -0.2) is 0 Å². The van der Waals surface area contributed by atoms with E-state index in [4.69, 9.17) is 9.47 Å². The van der Waals surface area contributed by atoms with Crippen LogP contribution in [0.1, 0.15) is 32.3 Å². The van der Waals surface area contributed by atoms with Crippen molar-refractivity contribution >= 4 is 11.9 Å². The predicted octanol–water partition coefficient (Wildman–Crippen LogP) is 2.29. The zero-order valence-corrected chi connectivity index (χ0v) is 12.4. The highest BCUT2D eigenvalue weighted by Gasteiger charge is 2.33. The number of esters is 2. The predicted molar refractivity (Wildman–Crippen MR) is 73.6 cm³/mol. The monoisotopic (exact) mass is 280 g/mol. The number of methoxy groups -OCH3 is 2. The van der Waals surface area contributed by atoms with Crippen molar-refractivity contribution in [2.24, 2.45) is 0 Å². The van der Waals surface area contributed by atoms with Gasteiger partial charge in [0.25, 0.3) is 0 Å². The van der Waals surface area contributed by atoms with Crippen LogP contribution in [-0.2, 0) is 19.1 Å². The Morgan fingerprint density at radius 3 is 1.95 bits per heavy atom. The number of carbonyl (C=O) groups excluding carboxylic acids is 2. The van der Waals surface area contributed by atoms with E-state index in [-0.39, 0.29) is 0 Å². The minimum Gasteiger partial charge on any atom is -0.497 e. The van der Waals surface area contributed by atoms with Crippen LogP contribution in [0.5, 0.6) is 5.75 Å². The fourth-order valence-corrected chi connectivity index (χ4v) is 1.64. The first kappa shape index (κ1) is 16.0. The lowest BCUT2D eigenvalue weighted by molar-refractivity contribution is -0.163. The van der Waals surface area contributed by atoms with Crippen molar-refractivity contribution in [1.29, 1.82) is 0 Å². The molecular weight excluding hydrogens is 260 g/mol. The molecule has 20 heavy (non-hydrogen) atoms. The number of benzene rings is 1. The Hall–Kier alpha value is -2.04. The lowest BCUT2D eigenvalue weighted by atomic mass is 9.99. The highest BCUT2D eigenvalue weighted by atomic mass is 16.6. The van der Waals surface area contributed by atoms with Crippen molar-refractivity contribution in [2.45, 2.75) is 32.3 Å². The third kappa shape index (κ3) is 4.26. The van der Waals surface area contributed by atoms with Crippen molar-refractivity contribution in [1.82, 2.24) is 0 Å². The second-order valence-corrected chi connectivity index (χ2v) is 5.26. The number of hydrogen-bond donors (Lipinski definition) is 0. The van der Waals surface area contributed by atoms with E-state index >= 15 is 0 Å². The smallest absolute Gasteiger partial charge is 0.325 e. The average Bonchev–Trinajstić information content (AvgIpc) is 2.37. The van der Waals surface area contributed by atoms with Gasteiger partial charge in [-0.3, -0.25) is 9.59 Å². The Labute approximate surface area is 118 Å². The van der Waals surface area contributed by atoms with E-state index in [1.807, 2.05) is 0 Å². The quantitative estimate of drug-likeness (QED) is 0.625. The Morgan fingerprint density at radius 1 is 1.00 bits per heavy atom. The molecule has 0 spiro atoms. The SMILES string of the molecule is COC(=O)[C@H](C(=O)OC(C)(C)C)c1ccc(OC)cc1. The molecule has 0 aliphatic carbocycles. The fourth-order valence-electron chi connectivity index (χ4n) is 1.64. The Morgan fingerprint density at radius 2 is 1.55 bits per heavy atom. The highest BCUT2D eigenvalue weighted by molar-refractivity contribution is 6.00. The molecule has 1 aromatic carbocycles. The summed E-state index contributed by atoms with van der Waals surface area (Å²) in [6, 6.07) is 6.64. The van der Waals surface area contributed by atoms with Gasteiger partial charge >= 0.3 is 11.9 Å². The second kappa shape index (κ2) is 6.41. The van der Waals surface area contributed by atoms with Crippen molar-refractivity contribution < 1.29 is 23.8 Å². The van der Waals surface area contributed by atoms with Crippen LogP contribution in [0, 0.1) is 0 Å². The standard InChI is InChI=1S/C15H20O5/c1-15(2,3)20-14(17)12(13(16)19-5)10-6-8-11(18-4)9-7-10/h6-9,12H,1-5H3/t12-/m1/s1. The summed E-state index contributed by atoms with van der Waals surface area (Å²) in [5.41, 5.74) is -0.164. The molecule has 1 aromatic rings. The van der Waals surface area contributed by atoms with Crippen LogP contribution in [0.25, 0.3) is 0 Å². The molecule has 0 amide bonds. The lowest BCUT2D eigenvalue weighted by Gasteiger charge is -2.23. The first-order chi connectivity index (χ1) is 9.28. The van der Waals surface area contributed by atoms with Crippen molar-refractivity contribution in [3.8, 4) is 5.75 Å². The fraction of sp³-hybridized carbons (Fsp3) is 0.467. The molecule has 1 atom stereocenters. The molecule has 0 N–H and O–H groups in total. The minimum absolute atomic E-state index is 0.506. The molecule has 0 aliphatic heterocycles. The van der Waals surface area contributed by atoms with Crippen LogP contribution in [0.2, 0.25) is 0 Å². The number of ether oxygens (including phenoxy) is 3. The Bertz CT molecular complexity index is 470. The summed E-state index contributed by atoms with van der Waals surface area (Å²) in [7, 11) is 2.78. The van der Waals surface area contributed by atoms with Crippen LogP contribution < -0.4 is 4.74 Å². The largest absolute Gasteiger partial charge is 0.497 e. The van der Waals surface area contributed by atoms with Crippen LogP contribution in [0.4, 0.5) is 0 Å².